The van der Waals surface area contributed by atoms with Crippen LogP contribution in [-0.2, 0) is 6.61 Å². The van der Waals surface area contributed by atoms with E-state index < -0.39 is 5.63 Å². The molecule has 0 spiro atoms. The van der Waals surface area contributed by atoms with E-state index in [2.05, 4.69) is 29.1 Å². The molecule has 3 aromatic carbocycles. The lowest BCUT2D eigenvalue weighted by Crippen LogP contribution is -2.21. The molecule has 0 N–H and O–H groups in total. The Bertz CT molecular complexity index is 1480. The van der Waals surface area contributed by atoms with E-state index in [0.29, 0.717) is 17.0 Å². The molecule has 0 atom stereocenters. The van der Waals surface area contributed by atoms with Gasteiger partial charge in [0, 0.05) is 35.6 Å². The lowest BCUT2D eigenvalue weighted by molar-refractivity contribution is 0.305. The number of benzene rings is 3. The Balaban J connectivity index is 1.39. The van der Waals surface area contributed by atoms with Gasteiger partial charge in [0.15, 0.2) is 5.69 Å². The zero-order valence-corrected chi connectivity index (χ0v) is 18.6. The Labute approximate surface area is 190 Å². The fourth-order valence-corrected chi connectivity index (χ4v) is 3.99. The fraction of sp³-hybridized carbons (Fsp3) is 0.192. The summed E-state index contributed by atoms with van der Waals surface area (Å²) >= 11 is 0. The van der Waals surface area contributed by atoms with Crippen molar-refractivity contribution in [2.45, 2.75) is 20.5 Å². The summed E-state index contributed by atoms with van der Waals surface area (Å²) in [5, 5.41) is 11.3. The summed E-state index contributed by atoms with van der Waals surface area (Å²) in [6, 6.07) is 21.6. The molecule has 0 saturated carbocycles. The fourth-order valence-electron chi connectivity index (χ4n) is 3.99. The molecule has 0 aliphatic heterocycles. The maximum Gasteiger partial charge on any atom is 0.362 e. The van der Waals surface area contributed by atoms with Gasteiger partial charge in [-0.05, 0) is 43.5 Å². The van der Waals surface area contributed by atoms with Gasteiger partial charge in [-0.2, -0.15) is 0 Å². The van der Waals surface area contributed by atoms with Gasteiger partial charge in [0.05, 0.1) is 6.20 Å². The first-order valence-corrected chi connectivity index (χ1v) is 11.0. The van der Waals surface area contributed by atoms with E-state index in [-0.39, 0.29) is 6.61 Å². The predicted molar refractivity (Wildman–Crippen MR) is 129 cm³/mol. The van der Waals surface area contributed by atoms with E-state index in [9.17, 15) is 4.79 Å². The first kappa shape index (κ1) is 20.8. The summed E-state index contributed by atoms with van der Waals surface area (Å²) in [4.78, 5) is 14.9. The van der Waals surface area contributed by atoms with Gasteiger partial charge in [-0.25, -0.2) is 9.48 Å². The van der Waals surface area contributed by atoms with Crippen LogP contribution in [0.3, 0.4) is 0 Å². The lowest BCUT2D eigenvalue weighted by atomic mass is 10.1. The maximum absolute atomic E-state index is 12.7. The van der Waals surface area contributed by atoms with Crippen LogP contribution in [-0.4, -0.2) is 28.1 Å². The van der Waals surface area contributed by atoms with Crippen molar-refractivity contribution in [2.24, 2.45) is 0 Å². The van der Waals surface area contributed by atoms with Crippen molar-refractivity contribution in [1.29, 1.82) is 0 Å². The second kappa shape index (κ2) is 8.78. The third-order valence-electron chi connectivity index (χ3n) is 5.74. The van der Waals surface area contributed by atoms with Crippen LogP contribution in [0.1, 0.15) is 19.5 Å². The molecule has 0 bridgehead atoms. The quantitative estimate of drug-likeness (QED) is 0.333. The molecule has 166 valence electrons. The van der Waals surface area contributed by atoms with Crippen molar-refractivity contribution in [1.82, 2.24) is 15.0 Å². The van der Waals surface area contributed by atoms with Crippen LogP contribution in [0.25, 0.3) is 27.4 Å². The third-order valence-corrected chi connectivity index (χ3v) is 5.74. The number of rotatable bonds is 7. The number of aromatic nitrogens is 3. The van der Waals surface area contributed by atoms with Gasteiger partial charge < -0.3 is 14.1 Å². The average Bonchev–Trinajstić information content (AvgIpc) is 3.32. The molecule has 2 aromatic heterocycles. The Kier molecular flexibility index (Phi) is 5.52. The second-order valence-corrected chi connectivity index (χ2v) is 7.73. The van der Waals surface area contributed by atoms with Crippen molar-refractivity contribution < 1.29 is 9.15 Å². The Morgan fingerprint density at radius 1 is 0.970 bits per heavy atom. The SMILES string of the molecule is CCN(CC)c1ccc2cc(-n3cc(COc4cccc5ccccc45)nn3)c(=O)oc2c1. The second-order valence-electron chi connectivity index (χ2n) is 7.73. The summed E-state index contributed by atoms with van der Waals surface area (Å²) in [6.07, 6.45) is 1.69. The summed E-state index contributed by atoms with van der Waals surface area (Å²) in [5.74, 6) is 0.775. The van der Waals surface area contributed by atoms with Gasteiger partial charge in [0.1, 0.15) is 23.6 Å². The number of nitrogens with zero attached hydrogens (tertiary/aromatic N) is 4. The molecule has 0 amide bonds. The van der Waals surface area contributed by atoms with Crippen LogP contribution in [0.4, 0.5) is 5.69 Å². The molecule has 5 rings (SSSR count). The van der Waals surface area contributed by atoms with Crippen molar-refractivity contribution in [3.63, 3.8) is 0 Å². The lowest BCUT2D eigenvalue weighted by Gasteiger charge is -2.20. The van der Waals surface area contributed by atoms with Gasteiger partial charge in [0.25, 0.3) is 0 Å². The molecular formula is C26H24N4O3. The molecule has 33 heavy (non-hydrogen) atoms. The molecule has 2 heterocycles. The first-order valence-electron chi connectivity index (χ1n) is 11.0. The minimum atomic E-state index is -0.467. The Hall–Kier alpha value is -4.13. The summed E-state index contributed by atoms with van der Waals surface area (Å²) in [5.41, 5.74) is 2.02. The summed E-state index contributed by atoms with van der Waals surface area (Å²) in [7, 11) is 0. The predicted octanol–water partition coefficient (Wildman–Crippen LogP) is 4.95. The number of anilines is 1. The van der Waals surface area contributed by atoms with E-state index >= 15 is 0 Å². The smallest absolute Gasteiger partial charge is 0.362 e. The average molecular weight is 441 g/mol. The van der Waals surface area contributed by atoms with Crippen LogP contribution in [0.2, 0.25) is 0 Å². The van der Waals surface area contributed by atoms with Crippen LogP contribution < -0.4 is 15.3 Å². The monoisotopic (exact) mass is 440 g/mol. The van der Waals surface area contributed by atoms with Crippen molar-refractivity contribution in [3.8, 4) is 11.4 Å². The molecule has 7 heteroatoms. The zero-order chi connectivity index (χ0) is 22.8. The van der Waals surface area contributed by atoms with E-state index in [0.717, 1.165) is 40.7 Å². The van der Waals surface area contributed by atoms with E-state index in [1.807, 2.05) is 60.7 Å². The van der Waals surface area contributed by atoms with Gasteiger partial charge in [-0.15, -0.1) is 5.10 Å². The van der Waals surface area contributed by atoms with Crippen molar-refractivity contribution >= 4 is 27.4 Å². The number of fused-ring (bicyclic) bond motifs is 2. The van der Waals surface area contributed by atoms with E-state index in [1.165, 1.54) is 4.68 Å². The van der Waals surface area contributed by atoms with E-state index in [4.69, 9.17) is 9.15 Å². The maximum atomic E-state index is 12.7. The Morgan fingerprint density at radius 2 is 1.79 bits per heavy atom. The highest BCUT2D eigenvalue weighted by Crippen LogP contribution is 2.26. The molecule has 0 aliphatic rings. The van der Waals surface area contributed by atoms with Crippen molar-refractivity contribution in [2.75, 3.05) is 18.0 Å². The van der Waals surface area contributed by atoms with Gasteiger partial charge in [-0.1, -0.05) is 41.6 Å². The minimum absolute atomic E-state index is 0.236. The van der Waals surface area contributed by atoms with Crippen molar-refractivity contribution in [3.05, 3.63) is 89.0 Å². The third kappa shape index (κ3) is 4.05. The molecule has 0 aliphatic carbocycles. The van der Waals surface area contributed by atoms with Gasteiger partial charge >= 0.3 is 5.63 Å². The molecule has 0 radical (unpaired) electrons. The summed E-state index contributed by atoms with van der Waals surface area (Å²) < 4.78 is 13.0. The highest BCUT2D eigenvalue weighted by Gasteiger charge is 2.12. The van der Waals surface area contributed by atoms with E-state index in [1.54, 1.807) is 12.3 Å². The van der Waals surface area contributed by atoms with Gasteiger partial charge in [0.2, 0.25) is 0 Å². The molecule has 5 aromatic rings. The molecule has 7 nitrogen and oxygen atoms in total. The molecule has 0 unspecified atom stereocenters. The molecular weight excluding hydrogens is 416 g/mol. The van der Waals surface area contributed by atoms with Gasteiger partial charge in [-0.3, -0.25) is 0 Å². The highest BCUT2D eigenvalue weighted by atomic mass is 16.5. The largest absolute Gasteiger partial charge is 0.487 e. The molecule has 0 saturated heterocycles. The topological polar surface area (TPSA) is 73.4 Å². The number of hydrogen-bond acceptors (Lipinski definition) is 6. The Morgan fingerprint density at radius 3 is 2.64 bits per heavy atom. The van der Waals surface area contributed by atoms with Crippen LogP contribution in [0.15, 0.2) is 82.1 Å². The molecule has 0 fully saturated rings. The normalized spacial score (nSPS) is 11.2. The first-order chi connectivity index (χ1) is 16.2. The number of hydrogen-bond donors (Lipinski definition) is 0. The van der Waals surface area contributed by atoms with Crippen LogP contribution in [0, 0.1) is 0 Å². The standard InChI is InChI=1S/C26H24N4O3/c1-3-29(4-2)21-13-12-19-14-23(26(31)33-25(19)15-21)30-16-20(27-28-30)17-32-24-11-7-9-18-8-5-6-10-22(18)24/h5-16H,3-4,17H2,1-2H3. The number of ether oxygens (including phenoxy) is 1. The summed E-state index contributed by atoms with van der Waals surface area (Å²) in [6.45, 7) is 6.19. The van der Waals surface area contributed by atoms with Crippen LogP contribution in [0.5, 0.6) is 5.75 Å². The highest BCUT2D eigenvalue weighted by molar-refractivity contribution is 5.88. The zero-order valence-electron chi connectivity index (χ0n) is 18.6. The van der Waals surface area contributed by atoms with Crippen LogP contribution >= 0.6 is 0 Å². The minimum Gasteiger partial charge on any atom is -0.487 e.